The van der Waals surface area contributed by atoms with Gasteiger partial charge in [0.05, 0.1) is 11.8 Å². The van der Waals surface area contributed by atoms with Crippen LogP contribution < -0.4 is 20.1 Å². The topological polar surface area (TPSA) is 59.6 Å². The molecule has 0 spiro atoms. The van der Waals surface area contributed by atoms with Crippen LogP contribution in [-0.4, -0.2) is 18.6 Å². The molecular formula is C24H26N2O3. The van der Waals surface area contributed by atoms with E-state index in [1.807, 2.05) is 92.7 Å². The van der Waals surface area contributed by atoms with E-state index in [1.54, 1.807) is 0 Å². The molecule has 0 aromatic heterocycles. The van der Waals surface area contributed by atoms with Gasteiger partial charge in [-0.3, -0.25) is 4.79 Å². The predicted molar refractivity (Wildman–Crippen MR) is 117 cm³/mol. The summed E-state index contributed by atoms with van der Waals surface area (Å²) in [4.78, 5) is 12.2. The Morgan fingerprint density at radius 2 is 1.52 bits per heavy atom. The molecule has 0 saturated heterocycles. The summed E-state index contributed by atoms with van der Waals surface area (Å²) in [5, 5.41) is 6.17. The lowest BCUT2D eigenvalue weighted by Crippen LogP contribution is -2.16. The number of hydrogen-bond acceptors (Lipinski definition) is 4. The number of carbonyl (C=O) groups excluding carboxylic acids is 1. The summed E-state index contributed by atoms with van der Waals surface area (Å²) in [6, 6.07) is 24.6. The average Bonchev–Trinajstić information content (AvgIpc) is 2.71. The fraction of sp³-hybridized carbons (Fsp3) is 0.208. The molecule has 0 heterocycles. The maximum Gasteiger partial charge on any atom is 0.226 e. The lowest BCUT2D eigenvalue weighted by molar-refractivity contribution is -0.115. The number of ether oxygens (including phenoxy) is 2. The van der Waals surface area contributed by atoms with Gasteiger partial charge >= 0.3 is 0 Å². The van der Waals surface area contributed by atoms with Crippen LogP contribution in [0.1, 0.15) is 20.3 Å². The summed E-state index contributed by atoms with van der Waals surface area (Å²) in [7, 11) is 0. The number of amides is 1. The Morgan fingerprint density at radius 3 is 2.24 bits per heavy atom. The number of benzene rings is 3. The van der Waals surface area contributed by atoms with Crippen LogP contribution in [0.5, 0.6) is 17.2 Å². The van der Waals surface area contributed by atoms with Gasteiger partial charge in [0.15, 0.2) is 0 Å². The Kier molecular flexibility index (Phi) is 7.11. The zero-order chi connectivity index (χ0) is 20.5. The smallest absolute Gasteiger partial charge is 0.226 e. The Labute approximate surface area is 171 Å². The predicted octanol–water partition coefficient (Wildman–Crippen LogP) is 5.71. The molecule has 3 aromatic rings. The minimum absolute atomic E-state index is 0.0588. The molecule has 5 nitrogen and oxygen atoms in total. The van der Waals surface area contributed by atoms with Crippen molar-refractivity contribution in [2.24, 2.45) is 0 Å². The third kappa shape index (κ3) is 6.57. The zero-order valence-corrected chi connectivity index (χ0v) is 16.7. The second-order valence-corrected chi connectivity index (χ2v) is 6.83. The summed E-state index contributed by atoms with van der Waals surface area (Å²) in [5.74, 6) is 2.23. The number of rotatable bonds is 9. The zero-order valence-electron chi connectivity index (χ0n) is 16.7. The van der Waals surface area contributed by atoms with Gasteiger partial charge in [-0.05, 0) is 62.4 Å². The molecule has 3 aromatic carbocycles. The van der Waals surface area contributed by atoms with Crippen LogP contribution in [0.25, 0.3) is 0 Å². The van der Waals surface area contributed by atoms with E-state index in [0.29, 0.717) is 13.0 Å². The van der Waals surface area contributed by atoms with Gasteiger partial charge in [-0.1, -0.05) is 30.3 Å². The van der Waals surface area contributed by atoms with Crippen LogP contribution in [0.3, 0.4) is 0 Å². The van der Waals surface area contributed by atoms with E-state index in [1.165, 1.54) is 0 Å². The van der Waals surface area contributed by atoms with Crippen LogP contribution in [0.15, 0.2) is 78.9 Å². The number of nitrogens with one attached hydrogen (secondary N) is 2. The first-order chi connectivity index (χ1) is 14.1. The third-order valence-corrected chi connectivity index (χ3v) is 4.03. The average molecular weight is 390 g/mol. The van der Waals surface area contributed by atoms with E-state index in [4.69, 9.17) is 9.47 Å². The standard InChI is InChI=1S/C24H26N2O3/c1-18(2)28-23-11-7-6-10-22(23)25-17-16-24(27)26-19-12-14-21(15-13-19)29-20-8-4-3-5-9-20/h3-15,18,25H,16-17H2,1-2H3,(H,26,27). The van der Waals surface area contributed by atoms with E-state index in [9.17, 15) is 4.79 Å². The Bertz CT molecular complexity index is 909. The molecule has 0 fully saturated rings. The number of para-hydroxylation sites is 3. The number of carbonyl (C=O) groups is 1. The molecule has 0 radical (unpaired) electrons. The van der Waals surface area contributed by atoms with Gasteiger partial charge in [0.25, 0.3) is 0 Å². The first-order valence-electron chi connectivity index (χ1n) is 9.72. The summed E-state index contributed by atoms with van der Waals surface area (Å²) < 4.78 is 11.5. The molecule has 0 atom stereocenters. The minimum Gasteiger partial charge on any atom is -0.489 e. The molecule has 0 bridgehead atoms. The lowest BCUT2D eigenvalue weighted by Gasteiger charge is -2.15. The molecule has 0 saturated carbocycles. The van der Waals surface area contributed by atoms with Gasteiger partial charge in [-0.25, -0.2) is 0 Å². The third-order valence-electron chi connectivity index (χ3n) is 4.03. The first-order valence-corrected chi connectivity index (χ1v) is 9.72. The highest BCUT2D eigenvalue weighted by atomic mass is 16.5. The molecule has 1 amide bonds. The van der Waals surface area contributed by atoms with E-state index in [2.05, 4.69) is 10.6 Å². The molecule has 0 aliphatic carbocycles. The van der Waals surface area contributed by atoms with Crippen LogP contribution >= 0.6 is 0 Å². The molecule has 0 aliphatic heterocycles. The molecule has 5 heteroatoms. The maximum atomic E-state index is 12.2. The molecule has 2 N–H and O–H groups in total. The Balaban J connectivity index is 1.46. The second-order valence-electron chi connectivity index (χ2n) is 6.83. The summed E-state index contributed by atoms with van der Waals surface area (Å²) in [5.41, 5.74) is 1.62. The summed E-state index contributed by atoms with van der Waals surface area (Å²) in [6.45, 7) is 4.49. The minimum atomic E-state index is -0.0588. The summed E-state index contributed by atoms with van der Waals surface area (Å²) in [6.07, 6.45) is 0.438. The van der Waals surface area contributed by atoms with Crippen molar-refractivity contribution in [3.63, 3.8) is 0 Å². The molecular weight excluding hydrogens is 364 g/mol. The van der Waals surface area contributed by atoms with Crippen molar-refractivity contribution in [2.45, 2.75) is 26.4 Å². The van der Waals surface area contributed by atoms with Crippen molar-refractivity contribution in [1.29, 1.82) is 0 Å². The van der Waals surface area contributed by atoms with Crippen molar-refractivity contribution in [3.05, 3.63) is 78.9 Å². The van der Waals surface area contributed by atoms with E-state index in [-0.39, 0.29) is 12.0 Å². The second kappa shape index (κ2) is 10.2. The fourth-order valence-electron chi connectivity index (χ4n) is 2.73. The lowest BCUT2D eigenvalue weighted by atomic mass is 10.2. The Hall–Kier alpha value is -3.47. The fourth-order valence-corrected chi connectivity index (χ4v) is 2.73. The quantitative estimate of drug-likeness (QED) is 0.491. The van der Waals surface area contributed by atoms with Crippen LogP contribution in [0, 0.1) is 0 Å². The van der Waals surface area contributed by atoms with Gasteiger partial charge < -0.3 is 20.1 Å². The number of anilines is 2. The monoisotopic (exact) mass is 390 g/mol. The van der Waals surface area contributed by atoms with E-state index >= 15 is 0 Å². The normalized spacial score (nSPS) is 10.4. The largest absolute Gasteiger partial charge is 0.489 e. The van der Waals surface area contributed by atoms with E-state index in [0.717, 1.165) is 28.6 Å². The first kappa shape index (κ1) is 20.3. The van der Waals surface area contributed by atoms with Gasteiger partial charge in [-0.15, -0.1) is 0 Å². The van der Waals surface area contributed by atoms with Crippen molar-refractivity contribution in [1.82, 2.24) is 0 Å². The van der Waals surface area contributed by atoms with Crippen LogP contribution in [-0.2, 0) is 4.79 Å². The van der Waals surface area contributed by atoms with Crippen LogP contribution in [0.4, 0.5) is 11.4 Å². The maximum absolute atomic E-state index is 12.2. The molecule has 0 unspecified atom stereocenters. The Morgan fingerprint density at radius 1 is 0.862 bits per heavy atom. The van der Waals surface area contributed by atoms with Crippen molar-refractivity contribution in [2.75, 3.05) is 17.2 Å². The van der Waals surface area contributed by atoms with E-state index < -0.39 is 0 Å². The molecule has 29 heavy (non-hydrogen) atoms. The van der Waals surface area contributed by atoms with Crippen LogP contribution in [0.2, 0.25) is 0 Å². The summed E-state index contributed by atoms with van der Waals surface area (Å²) >= 11 is 0. The van der Waals surface area contributed by atoms with Crippen molar-refractivity contribution in [3.8, 4) is 17.2 Å². The molecule has 150 valence electrons. The highest BCUT2D eigenvalue weighted by Gasteiger charge is 2.07. The SMILES string of the molecule is CC(C)Oc1ccccc1NCCC(=O)Nc1ccc(Oc2ccccc2)cc1. The number of hydrogen-bond donors (Lipinski definition) is 2. The van der Waals surface area contributed by atoms with Gasteiger partial charge in [0, 0.05) is 18.7 Å². The molecule has 3 rings (SSSR count). The van der Waals surface area contributed by atoms with Gasteiger partial charge in [0.2, 0.25) is 5.91 Å². The molecule has 0 aliphatic rings. The van der Waals surface area contributed by atoms with Gasteiger partial charge in [0.1, 0.15) is 17.2 Å². The highest BCUT2D eigenvalue weighted by Crippen LogP contribution is 2.25. The van der Waals surface area contributed by atoms with Crippen molar-refractivity contribution < 1.29 is 14.3 Å². The van der Waals surface area contributed by atoms with Crippen molar-refractivity contribution >= 4 is 17.3 Å². The van der Waals surface area contributed by atoms with Gasteiger partial charge in [-0.2, -0.15) is 0 Å². The highest BCUT2D eigenvalue weighted by molar-refractivity contribution is 5.91.